The monoisotopic (exact) mass is 285 g/mol. The normalized spacial score (nSPS) is 19.9. The van der Waals surface area contributed by atoms with E-state index < -0.39 is 0 Å². The molecule has 2 unspecified atom stereocenters. The Bertz CT molecular complexity index is 217. The first kappa shape index (κ1) is 17.9. The Kier molecular flexibility index (Phi) is 10.3. The van der Waals surface area contributed by atoms with Crippen molar-refractivity contribution in [1.82, 2.24) is 5.32 Å². The lowest BCUT2D eigenvalue weighted by molar-refractivity contribution is 0.0178. The Balaban J connectivity index is 2.02. The summed E-state index contributed by atoms with van der Waals surface area (Å²) in [6.07, 6.45) is 11.2. The first-order valence-corrected chi connectivity index (χ1v) is 8.75. The van der Waals surface area contributed by atoms with Gasteiger partial charge in [-0.25, -0.2) is 0 Å². The molecule has 0 radical (unpaired) electrons. The molecule has 3 nitrogen and oxygen atoms in total. The first-order valence-electron chi connectivity index (χ1n) is 8.75. The molecule has 20 heavy (non-hydrogen) atoms. The minimum Gasteiger partial charge on any atom is -0.389 e. The van der Waals surface area contributed by atoms with Crippen molar-refractivity contribution in [3.05, 3.63) is 0 Å². The topological polar surface area (TPSA) is 41.5 Å². The van der Waals surface area contributed by atoms with Crippen LogP contribution in [0.2, 0.25) is 0 Å². The second-order valence-electron chi connectivity index (χ2n) is 6.35. The molecule has 0 bridgehead atoms. The highest BCUT2D eigenvalue weighted by Gasteiger charge is 2.14. The summed E-state index contributed by atoms with van der Waals surface area (Å²) in [6, 6.07) is 0.617. The Labute approximate surface area is 125 Å². The second-order valence-corrected chi connectivity index (χ2v) is 6.35. The Morgan fingerprint density at radius 2 is 1.90 bits per heavy atom. The van der Waals surface area contributed by atoms with Crippen molar-refractivity contribution in [2.24, 2.45) is 5.92 Å². The summed E-state index contributed by atoms with van der Waals surface area (Å²) in [6.45, 7) is 6.41. The number of rotatable bonds is 11. The van der Waals surface area contributed by atoms with Crippen LogP contribution in [-0.2, 0) is 4.74 Å². The van der Waals surface area contributed by atoms with Crippen molar-refractivity contribution < 1.29 is 9.84 Å². The third-order valence-electron chi connectivity index (χ3n) is 4.45. The smallest absolute Gasteiger partial charge is 0.0897 e. The number of hydrogen-bond donors (Lipinski definition) is 2. The number of unbranched alkanes of at least 4 members (excludes halogenated alkanes) is 1. The van der Waals surface area contributed by atoms with E-state index in [4.69, 9.17) is 4.74 Å². The van der Waals surface area contributed by atoms with Crippen molar-refractivity contribution in [2.45, 2.75) is 83.8 Å². The molecule has 1 aliphatic carbocycles. The van der Waals surface area contributed by atoms with Crippen LogP contribution in [-0.4, -0.2) is 37.0 Å². The number of hydrogen-bond acceptors (Lipinski definition) is 3. The van der Waals surface area contributed by atoms with Gasteiger partial charge < -0.3 is 15.2 Å². The summed E-state index contributed by atoms with van der Waals surface area (Å²) < 4.78 is 5.70. The summed E-state index contributed by atoms with van der Waals surface area (Å²) in [5.74, 6) is 0.661. The highest BCUT2D eigenvalue weighted by atomic mass is 16.5. The Hall–Kier alpha value is -0.120. The van der Waals surface area contributed by atoms with Gasteiger partial charge >= 0.3 is 0 Å². The zero-order valence-corrected chi connectivity index (χ0v) is 13.6. The largest absolute Gasteiger partial charge is 0.389 e. The van der Waals surface area contributed by atoms with Gasteiger partial charge in [0, 0.05) is 19.2 Å². The van der Waals surface area contributed by atoms with Crippen LogP contribution in [0.3, 0.4) is 0 Å². The molecule has 1 saturated carbocycles. The standard InChI is InChI=1S/C17H35NO2/c1-3-5-9-15(4-2)13-20-14-17(19)12-18-16-10-7-6-8-11-16/h15-19H,3-14H2,1-2H3. The maximum absolute atomic E-state index is 9.95. The van der Waals surface area contributed by atoms with Crippen molar-refractivity contribution in [1.29, 1.82) is 0 Å². The molecule has 0 aromatic heterocycles. The molecule has 2 atom stereocenters. The second kappa shape index (κ2) is 11.5. The third-order valence-corrected chi connectivity index (χ3v) is 4.45. The molecule has 3 heteroatoms. The Morgan fingerprint density at radius 1 is 1.15 bits per heavy atom. The maximum atomic E-state index is 9.95. The average Bonchev–Trinajstić information content (AvgIpc) is 2.49. The van der Waals surface area contributed by atoms with Gasteiger partial charge in [0.15, 0.2) is 0 Å². The lowest BCUT2D eigenvalue weighted by Crippen LogP contribution is -2.38. The molecule has 0 heterocycles. The summed E-state index contributed by atoms with van der Waals surface area (Å²) in [7, 11) is 0. The van der Waals surface area contributed by atoms with Gasteiger partial charge in [-0.1, -0.05) is 52.4 Å². The van der Waals surface area contributed by atoms with Gasteiger partial charge in [0.2, 0.25) is 0 Å². The van der Waals surface area contributed by atoms with Crippen molar-refractivity contribution in [2.75, 3.05) is 19.8 Å². The van der Waals surface area contributed by atoms with E-state index in [9.17, 15) is 5.11 Å². The molecule has 0 spiro atoms. The summed E-state index contributed by atoms with van der Waals surface area (Å²) in [4.78, 5) is 0. The van der Waals surface area contributed by atoms with Crippen LogP contribution in [0.1, 0.15) is 71.6 Å². The molecular formula is C17H35NO2. The van der Waals surface area contributed by atoms with E-state index in [0.717, 1.165) is 6.61 Å². The first-order chi connectivity index (χ1) is 9.76. The van der Waals surface area contributed by atoms with Crippen LogP contribution in [0.25, 0.3) is 0 Å². The van der Waals surface area contributed by atoms with Gasteiger partial charge in [-0.3, -0.25) is 0 Å². The van der Waals surface area contributed by atoms with E-state index in [-0.39, 0.29) is 6.10 Å². The number of aliphatic hydroxyl groups excluding tert-OH is 1. The highest BCUT2D eigenvalue weighted by molar-refractivity contribution is 4.73. The maximum Gasteiger partial charge on any atom is 0.0897 e. The predicted octanol–water partition coefficient (Wildman–Crippen LogP) is 3.50. The molecular weight excluding hydrogens is 250 g/mol. The third kappa shape index (κ3) is 8.23. The van der Waals surface area contributed by atoms with Crippen LogP contribution >= 0.6 is 0 Å². The van der Waals surface area contributed by atoms with Crippen LogP contribution < -0.4 is 5.32 Å². The molecule has 1 fully saturated rings. The van der Waals surface area contributed by atoms with Gasteiger partial charge in [-0.15, -0.1) is 0 Å². The fraction of sp³-hybridized carbons (Fsp3) is 1.00. The summed E-state index contributed by atoms with van der Waals surface area (Å²) in [5.41, 5.74) is 0. The fourth-order valence-electron chi connectivity index (χ4n) is 2.94. The average molecular weight is 285 g/mol. The van der Waals surface area contributed by atoms with Crippen molar-refractivity contribution >= 4 is 0 Å². The van der Waals surface area contributed by atoms with Gasteiger partial charge in [0.25, 0.3) is 0 Å². The fourth-order valence-corrected chi connectivity index (χ4v) is 2.94. The van der Waals surface area contributed by atoms with Crippen LogP contribution in [0.15, 0.2) is 0 Å². The Morgan fingerprint density at radius 3 is 2.55 bits per heavy atom. The van der Waals surface area contributed by atoms with E-state index in [1.807, 2.05) is 0 Å². The minimum atomic E-state index is -0.361. The zero-order chi connectivity index (χ0) is 14.6. The van der Waals surface area contributed by atoms with Crippen molar-refractivity contribution in [3.8, 4) is 0 Å². The minimum absolute atomic E-state index is 0.361. The molecule has 2 N–H and O–H groups in total. The van der Waals surface area contributed by atoms with E-state index in [2.05, 4.69) is 19.2 Å². The highest BCUT2D eigenvalue weighted by Crippen LogP contribution is 2.17. The SMILES string of the molecule is CCCCC(CC)COCC(O)CNC1CCCCC1. The molecule has 0 aliphatic heterocycles. The molecule has 0 saturated heterocycles. The number of nitrogens with one attached hydrogen (secondary N) is 1. The van der Waals surface area contributed by atoms with Gasteiger partial charge in [-0.2, -0.15) is 0 Å². The molecule has 120 valence electrons. The van der Waals surface area contributed by atoms with Crippen molar-refractivity contribution in [3.63, 3.8) is 0 Å². The van der Waals surface area contributed by atoms with E-state index in [1.165, 1.54) is 57.8 Å². The molecule has 0 aromatic rings. The van der Waals surface area contributed by atoms with E-state index in [1.54, 1.807) is 0 Å². The van der Waals surface area contributed by atoms with Crippen LogP contribution in [0, 0.1) is 5.92 Å². The number of ether oxygens (including phenoxy) is 1. The summed E-state index contributed by atoms with van der Waals surface area (Å²) in [5, 5.41) is 13.4. The lowest BCUT2D eigenvalue weighted by Gasteiger charge is -2.24. The summed E-state index contributed by atoms with van der Waals surface area (Å²) >= 11 is 0. The molecule has 0 aromatic carbocycles. The molecule has 1 aliphatic rings. The van der Waals surface area contributed by atoms with E-state index >= 15 is 0 Å². The van der Waals surface area contributed by atoms with Crippen LogP contribution in [0.5, 0.6) is 0 Å². The van der Waals surface area contributed by atoms with Crippen LogP contribution in [0.4, 0.5) is 0 Å². The predicted molar refractivity (Wildman–Crippen MR) is 85.0 cm³/mol. The molecule has 1 rings (SSSR count). The lowest BCUT2D eigenvalue weighted by atomic mass is 9.95. The quantitative estimate of drug-likeness (QED) is 0.610. The van der Waals surface area contributed by atoms with Gasteiger partial charge in [0.05, 0.1) is 12.7 Å². The van der Waals surface area contributed by atoms with E-state index in [0.29, 0.717) is 25.1 Å². The van der Waals surface area contributed by atoms with Gasteiger partial charge in [-0.05, 0) is 25.2 Å². The molecule has 0 amide bonds. The number of aliphatic hydroxyl groups is 1. The zero-order valence-electron chi connectivity index (χ0n) is 13.6. The van der Waals surface area contributed by atoms with Gasteiger partial charge in [0.1, 0.15) is 0 Å².